The van der Waals surface area contributed by atoms with Crippen molar-refractivity contribution in [2.24, 2.45) is 11.8 Å². The molecule has 4 heteroatoms. The number of rotatable bonds is 5. The van der Waals surface area contributed by atoms with Crippen LogP contribution in [0.4, 0.5) is 5.69 Å². The Morgan fingerprint density at radius 1 is 1.42 bits per heavy atom. The van der Waals surface area contributed by atoms with E-state index in [1.165, 1.54) is 0 Å². The maximum atomic E-state index is 12.3. The fraction of sp³-hybridized carbons (Fsp3) is 0.533. The molecule has 1 aliphatic rings. The van der Waals surface area contributed by atoms with Gasteiger partial charge in [0.1, 0.15) is 0 Å². The van der Waals surface area contributed by atoms with Crippen LogP contribution in [0.25, 0.3) is 0 Å². The summed E-state index contributed by atoms with van der Waals surface area (Å²) >= 11 is 0. The van der Waals surface area contributed by atoms with E-state index in [4.69, 9.17) is 4.74 Å². The summed E-state index contributed by atoms with van der Waals surface area (Å²) < 4.78 is 5.10. The van der Waals surface area contributed by atoms with Crippen LogP contribution < -0.4 is 10.6 Å². The third kappa shape index (κ3) is 3.55. The van der Waals surface area contributed by atoms with Gasteiger partial charge in [0.25, 0.3) is 0 Å². The van der Waals surface area contributed by atoms with E-state index in [9.17, 15) is 4.79 Å². The lowest BCUT2D eigenvalue weighted by molar-refractivity contribution is -0.120. The number of benzene rings is 1. The predicted molar refractivity (Wildman–Crippen MR) is 76.2 cm³/mol. The third-order valence-electron chi connectivity index (χ3n) is 3.70. The van der Waals surface area contributed by atoms with Crippen LogP contribution >= 0.6 is 0 Å². The van der Waals surface area contributed by atoms with Crippen LogP contribution in [0.2, 0.25) is 0 Å². The molecule has 19 heavy (non-hydrogen) atoms. The van der Waals surface area contributed by atoms with Crippen molar-refractivity contribution in [1.82, 2.24) is 5.32 Å². The molecule has 2 rings (SSSR count). The van der Waals surface area contributed by atoms with Gasteiger partial charge < -0.3 is 15.4 Å². The van der Waals surface area contributed by atoms with E-state index in [0.29, 0.717) is 12.5 Å². The summed E-state index contributed by atoms with van der Waals surface area (Å²) in [6.07, 6.45) is 0.811. The monoisotopic (exact) mass is 262 g/mol. The Morgan fingerprint density at radius 2 is 2.21 bits per heavy atom. The van der Waals surface area contributed by atoms with Crippen LogP contribution in [0.1, 0.15) is 12.5 Å². The molecule has 104 valence electrons. The van der Waals surface area contributed by atoms with E-state index in [2.05, 4.69) is 17.6 Å². The van der Waals surface area contributed by atoms with Gasteiger partial charge in [0, 0.05) is 19.3 Å². The first-order valence-electron chi connectivity index (χ1n) is 6.80. The molecule has 4 nitrogen and oxygen atoms in total. The van der Waals surface area contributed by atoms with Crippen LogP contribution in [0.3, 0.4) is 0 Å². The molecule has 0 saturated carbocycles. The van der Waals surface area contributed by atoms with Crippen molar-refractivity contribution in [3.63, 3.8) is 0 Å². The molecule has 1 aromatic rings. The lowest BCUT2D eigenvalue weighted by Gasteiger charge is -2.16. The summed E-state index contributed by atoms with van der Waals surface area (Å²) in [5.41, 5.74) is 2.03. The fourth-order valence-corrected chi connectivity index (χ4v) is 2.46. The largest absolute Gasteiger partial charge is 0.384 e. The highest BCUT2D eigenvalue weighted by molar-refractivity contribution is 5.93. The molecule has 1 amide bonds. The minimum absolute atomic E-state index is 0.0653. The number of methoxy groups -OCH3 is 1. The molecule has 0 bridgehead atoms. The number of nitrogens with one attached hydrogen (secondary N) is 2. The van der Waals surface area contributed by atoms with Crippen molar-refractivity contribution in [2.45, 2.75) is 13.3 Å². The lowest BCUT2D eigenvalue weighted by atomic mass is 9.97. The van der Waals surface area contributed by atoms with Gasteiger partial charge in [0.2, 0.25) is 5.91 Å². The summed E-state index contributed by atoms with van der Waals surface area (Å²) in [4.78, 5) is 12.3. The van der Waals surface area contributed by atoms with Gasteiger partial charge in [-0.15, -0.1) is 0 Å². The van der Waals surface area contributed by atoms with Crippen molar-refractivity contribution in [3.05, 3.63) is 29.8 Å². The van der Waals surface area contributed by atoms with Crippen LogP contribution in [-0.2, 0) is 16.0 Å². The second-order valence-corrected chi connectivity index (χ2v) is 5.13. The SMILES string of the molecule is COCCc1ccccc1NC(=O)[C@@H]1CNC[C@H]1C. The predicted octanol–water partition coefficient (Wildman–Crippen LogP) is 1.67. The zero-order valence-corrected chi connectivity index (χ0v) is 11.6. The maximum absolute atomic E-state index is 12.3. The smallest absolute Gasteiger partial charge is 0.229 e. The first-order chi connectivity index (χ1) is 9.22. The molecule has 0 unspecified atom stereocenters. The number of carbonyl (C=O) groups is 1. The highest BCUT2D eigenvalue weighted by Gasteiger charge is 2.29. The van der Waals surface area contributed by atoms with Gasteiger partial charge in [-0.05, 0) is 30.5 Å². The van der Waals surface area contributed by atoms with Crippen molar-refractivity contribution in [3.8, 4) is 0 Å². The Labute approximate surface area is 114 Å². The highest BCUT2D eigenvalue weighted by atomic mass is 16.5. The number of anilines is 1. The van der Waals surface area contributed by atoms with Crippen LogP contribution in [-0.4, -0.2) is 32.7 Å². The summed E-state index contributed by atoms with van der Waals surface area (Å²) in [6, 6.07) is 7.92. The Hall–Kier alpha value is -1.39. The van der Waals surface area contributed by atoms with Gasteiger partial charge in [0.15, 0.2) is 0 Å². The maximum Gasteiger partial charge on any atom is 0.229 e. The molecule has 0 aromatic heterocycles. The van der Waals surface area contributed by atoms with Gasteiger partial charge in [-0.1, -0.05) is 25.1 Å². The molecule has 2 atom stereocenters. The van der Waals surface area contributed by atoms with E-state index in [-0.39, 0.29) is 11.8 Å². The van der Waals surface area contributed by atoms with Crippen LogP contribution in [0.15, 0.2) is 24.3 Å². The second-order valence-electron chi connectivity index (χ2n) is 5.13. The third-order valence-corrected chi connectivity index (χ3v) is 3.70. The summed E-state index contributed by atoms with van der Waals surface area (Å²) in [5, 5.41) is 6.31. The lowest BCUT2D eigenvalue weighted by Crippen LogP contribution is -2.28. The van der Waals surface area contributed by atoms with Crippen molar-refractivity contribution in [1.29, 1.82) is 0 Å². The topological polar surface area (TPSA) is 50.4 Å². The number of hydrogen-bond donors (Lipinski definition) is 2. The van der Waals surface area contributed by atoms with E-state index >= 15 is 0 Å². The van der Waals surface area contributed by atoms with E-state index in [0.717, 1.165) is 30.8 Å². The van der Waals surface area contributed by atoms with E-state index in [1.807, 2.05) is 24.3 Å². The molecule has 0 aliphatic carbocycles. The zero-order chi connectivity index (χ0) is 13.7. The van der Waals surface area contributed by atoms with Gasteiger partial charge in [0.05, 0.1) is 12.5 Å². The molecule has 1 saturated heterocycles. The molecule has 1 heterocycles. The van der Waals surface area contributed by atoms with Gasteiger partial charge in [-0.3, -0.25) is 4.79 Å². The molecular weight excluding hydrogens is 240 g/mol. The first kappa shape index (κ1) is 14.0. The summed E-state index contributed by atoms with van der Waals surface area (Å²) in [7, 11) is 1.69. The highest BCUT2D eigenvalue weighted by Crippen LogP contribution is 2.21. The average Bonchev–Trinajstić information content (AvgIpc) is 2.84. The quantitative estimate of drug-likeness (QED) is 0.848. The number of carbonyl (C=O) groups excluding carboxylic acids is 1. The van der Waals surface area contributed by atoms with Gasteiger partial charge in [-0.2, -0.15) is 0 Å². The molecular formula is C15H22N2O2. The average molecular weight is 262 g/mol. The molecule has 1 aromatic carbocycles. The molecule has 0 spiro atoms. The number of hydrogen-bond acceptors (Lipinski definition) is 3. The minimum atomic E-state index is 0.0653. The Balaban J connectivity index is 2.03. The van der Waals surface area contributed by atoms with Gasteiger partial charge in [-0.25, -0.2) is 0 Å². The van der Waals surface area contributed by atoms with Crippen molar-refractivity contribution in [2.75, 3.05) is 32.1 Å². The Bertz CT molecular complexity index is 434. The van der Waals surface area contributed by atoms with Gasteiger partial charge >= 0.3 is 0 Å². The summed E-state index contributed by atoms with van der Waals surface area (Å²) in [5.74, 6) is 0.573. The molecule has 0 radical (unpaired) electrons. The zero-order valence-electron chi connectivity index (χ0n) is 11.6. The van der Waals surface area contributed by atoms with E-state index < -0.39 is 0 Å². The van der Waals surface area contributed by atoms with Crippen molar-refractivity contribution >= 4 is 11.6 Å². The van der Waals surface area contributed by atoms with Crippen LogP contribution in [0, 0.1) is 11.8 Å². The molecule has 1 fully saturated rings. The summed E-state index contributed by atoms with van der Waals surface area (Å²) in [6.45, 7) is 4.46. The standard InChI is InChI=1S/C15H22N2O2/c1-11-9-16-10-13(11)15(18)17-14-6-4-3-5-12(14)7-8-19-2/h3-6,11,13,16H,7-10H2,1-2H3,(H,17,18)/t11-,13-/m1/s1. The molecule has 1 aliphatic heterocycles. The normalized spacial score (nSPS) is 22.4. The van der Waals surface area contributed by atoms with Crippen molar-refractivity contribution < 1.29 is 9.53 Å². The van der Waals surface area contributed by atoms with E-state index in [1.54, 1.807) is 7.11 Å². The number of para-hydroxylation sites is 1. The van der Waals surface area contributed by atoms with Crippen LogP contribution in [0.5, 0.6) is 0 Å². The number of ether oxygens (including phenoxy) is 1. The molecule has 2 N–H and O–H groups in total. The Kier molecular flexibility index (Phi) is 4.93. The second kappa shape index (κ2) is 6.68. The Morgan fingerprint density at radius 3 is 2.89 bits per heavy atom. The fourth-order valence-electron chi connectivity index (χ4n) is 2.46. The number of amides is 1. The minimum Gasteiger partial charge on any atom is -0.384 e. The first-order valence-corrected chi connectivity index (χ1v) is 6.80.